The highest BCUT2D eigenvalue weighted by atomic mass is 79.9. The second-order valence-electron chi connectivity index (χ2n) is 4.83. The molecule has 0 unspecified atom stereocenters. The zero-order valence-electron chi connectivity index (χ0n) is 12.1. The fourth-order valence-electron chi connectivity index (χ4n) is 2.14. The number of carboxylic acids is 1. The number of carbonyl (C=O) groups is 1. The van der Waals surface area contributed by atoms with Gasteiger partial charge in [-0.15, -0.1) is 0 Å². The first-order chi connectivity index (χ1) is 10.1. The molecule has 0 aliphatic rings. The number of carboxylic acid groups (broad SMARTS) is 1. The fourth-order valence-corrected chi connectivity index (χ4v) is 4.27. The van der Waals surface area contributed by atoms with E-state index in [0.717, 1.165) is 4.31 Å². The monoisotopic (exact) mass is 391 g/mol. The summed E-state index contributed by atoms with van der Waals surface area (Å²) < 4.78 is 28.7. The third kappa shape index (κ3) is 2.57. The largest absolute Gasteiger partial charge is 0.480 e. The zero-order chi connectivity index (χ0) is 16.8. The minimum absolute atomic E-state index is 0.0926. The van der Waals surface area contributed by atoms with Gasteiger partial charge in [0.15, 0.2) is 0 Å². The number of sulfonamides is 1. The van der Waals surface area contributed by atoms with Crippen LogP contribution in [0.5, 0.6) is 0 Å². The maximum atomic E-state index is 12.5. The molecule has 22 heavy (non-hydrogen) atoms. The Morgan fingerprint density at radius 2 is 1.77 bits per heavy atom. The molecule has 0 amide bonds. The Hall–Kier alpha value is -1.65. The molecule has 10 heteroatoms. The molecule has 1 N–H and O–H groups in total. The van der Waals surface area contributed by atoms with Gasteiger partial charge in [0.05, 0.1) is 15.9 Å². The molecule has 8 nitrogen and oxygen atoms in total. The van der Waals surface area contributed by atoms with E-state index in [1.807, 2.05) is 0 Å². The molecular weight excluding hydrogens is 378 g/mol. The Bertz CT molecular complexity index is 928. The van der Waals surface area contributed by atoms with Crippen molar-refractivity contribution in [2.75, 3.05) is 13.6 Å². The second-order valence-corrected chi connectivity index (χ2v) is 7.69. The van der Waals surface area contributed by atoms with Crippen molar-refractivity contribution < 1.29 is 18.3 Å². The van der Waals surface area contributed by atoms with Crippen molar-refractivity contribution in [1.82, 2.24) is 13.4 Å². The fraction of sp³-hybridized carbons (Fsp3) is 0.333. The van der Waals surface area contributed by atoms with Gasteiger partial charge in [-0.05, 0) is 28.1 Å². The molecule has 2 rings (SSSR count). The van der Waals surface area contributed by atoms with Gasteiger partial charge in [-0.2, -0.15) is 4.31 Å². The predicted octanol–water partition coefficient (Wildman–Crippen LogP) is 0.345. The number of nitrogens with zero attached hydrogens (tertiary/aromatic N) is 3. The van der Waals surface area contributed by atoms with E-state index in [0.29, 0.717) is 11.0 Å². The highest BCUT2D eigenvalue weighted by Gasteiger charge is 2.26. The zero-order valence-corrected chi connectivity index (χ0v) is 14.5. The molecule has 2 aromatic rings. The second kappa shape index (κ2) is 5.52. The SMILES string of the molecule is CN(CC(=O)O)S(=O)(=O)c1cc2c(cc1Br)n(C)c(=O)n2C. The van der Waals surface area contributed by atoms with Crippen molar-refractivity contribution in [1.29, 1.82) is 0 Å². The van der Waals surface area contributed by atoms with Crippen molar-refractivity contribution in [3.05, 3.63) is 27.1 Å². The van der Waals surface area contributed by atoms with E-state index >= 15 is 0 Å². The summed E-state index contributed by atoms with van der Waals surface area (Å²) in [4.78, 5) is 22.5. The summed E-state index contributed by atoms with van der Waals surface area (Å²) in [5.41, 5.74) is 0.729. The summed E-state index contributed by atoms with van der Waals surface area (Å²) in [5, 5.41) is 8.75. The van der Waals surface area contributed by atoms with E-state index in [1.54, 1.807) is 7.05 Å². The van der Waals surface area contributed by atoms with Gasteiger partial charge in [0.1, 0.15) is 6.54 Å². The molecule has 0 radical (unpaired) electrons. The van der Waals surface area contributed by atoms with Gasteiger partial charge in [-0.3, -0.25) is 13.9 Å². The minimum atomic E-state index is -4.00. The molecule has 1 heterocycles. The van der Waals surface area contributed by atoms with E-state index in [2.05, 4.69) is 15.9 Å². The van der Waals surface area contributed by atoms with E-state index < -0.39 is 22.5 Å². The van der Waals surface area contributed by atoms with Gasteiger partial charge in [-0.25, -0.2) is 13.2 Å². The van der Waals surface area contributed by atoms with Gasteiger partial charge in [0.2, 0.25) is 10.0 Å². The molecule has 0 atom stereocenters. The van der Waals surface area contributed by atoms with Crippen LogP contribution in [0.1, 0.15) is 0 Å². The molecule has 0 saturated carbocycles. The third-order valence-corrected chi connectivity index (χ3v) is 6.13. The lowest BCUT2D eigenvalue weighted by atomic mass is 10.3. The Morgan fingerprint density at radius 3 is 2.27 bits per heavy atom. The molecule has 0 fully saturated rings. The third-order valence-electron chi connectivity index (χ3n) is 3.37. The number of aliphatic carboxylic acids is 1. The van der Waals surface area contributed by atoms with Crippen molar-refractivity contribution in [2.45, 2.75) is 4.90 Å². The normalized spacial score (nSPS) is 12.2. The number of hydrogen-bond acceptors (Lipinski definition) is 4. The maximum Gasteiger partial charge on any atom is 0.328 e. The number of imidazole rings is 1. The van der Waals surface area contributed by atoms with Gasteiger partial charge in [0, 0.05) is 25.6 Å². The summed E-state index contributed by atoms with van der Waals surface area (Å²) in [6, 6.07) is 2.88. The Labute approximate surface area is 134 Å². The number of halogens is 1. The van der Waals surface area contributed by atoms with E-state index in [-0.39, 0.29) is 15.1 Å². The van der Waals surface area contributed by atoms with Crippen LogP contribution in [0.25, 0.3) is 11.0 Å². The first-order valence-electron chi connectivity index (χ1n) is 6.10. The van der Waals surface area contributed by atoms with Gasteiger partial charge < -0.3 is 5.11 Å². The van der Waals surface area contributed by atoms with Crippen molar-refractivity contribution in [2.24, 2.45) is 14.1 Å². The highest BCUT2D eigenvalue weighted by molar-refractivity contribution is 9.10. The molecule has 0 spiro atoms. The first kappa shape index (κ1) is 16.7. The first-order valence-corrected chi connectivity index (χ1v) is 8.33. The van der Waals surface area contributed by atoms with Crippen molar-refractivity contribution >= 4 is 43.0 Å². The number of aromatic nitrogens is 2. The van der Waals surface area contributed by atoms with Crippen LogP contribution < -0.4 is 5.69 Å². The van der Waals surface area contributed by atoms with Crippen LogP contribution in [0.15, 0.2) is 26.3 Å². The summed E-state index contributed by atoms with van der Waals surface area (Å²) >= 11 is 3.18. The highest BCUT2D eigenvalue weighted by Crippen LogP contribution is 2.29. The van der Waals surface area contributed by atoms with Crippen LogP contribution in [0.3, 0.4) is 0 Å². The molecule has 0 aliphatic heterocycles. The van der Waals surface area contributed by atoms with Crippen LogP contribution in [-0.2, 0) is 28.9 Å². The summed E-state index contributed by atoms with van der Waals surface area (Å²) in [6.45, 7) is -0.652. The Kier molecular flexibility index (Phi) is 4.20. The molecule has 0 aliphatic carbocycles. The maximum absolute atomic E-state index is 12.5. The number of aryl methyl sites for hydroxylation is 2. The molecule has 0 saturated heterocycles. The number of fused-ring (bicyclic) bond motifs is 1. The van der Waals surface area contributed by atoms with Crippen LogP contribution in [0, 0.1) is 0 Å². The van der Waals surface area contributed by atoms with Gasteiger partial charge in [-0.1, -0.05) is 0 Å². The average molecular weight is 392 g/mol. The van der Waals surface area contributed by atoms with E-state index in [4.69, 9.17) is 5.11 Å². The number of likely N-dealkylation sites (N-methyl/N-ethyl adjacent to an activating group) is 1. The van der Waals surface area contributed by atoms with E-state index in [1.165, 1.54) is 35.4 Å². The smallest absolute Gasteiger partial charge is 0.328 e. The summed E-state index contributed by atoms with van der Waals surface area (Å²) in [7, 11) is 0.312. The Balaban J connectivity index is 2.71. The summed E-state index contributed by atoms with van der Waals surface area (Å²) in [5.74, 6) is -1.25. The molecular formula is C12H14BrN3O5S. The van der Waals surface area contributed by atoms with E-state index in [9.17, 15) is 18.0 Å². The average Bonchev–Trinajstić information content (AvgIpc) is 2.62. The van der Waals surface area contributed by atoms with Crippen LogP contribution in [-0.4, -0.2) is 46.5 Å². The number of hydrogen-bond donors (Lipinski definition) is 1. The standard InChI is InChI=1S/C12H14BrN3O5S/c1-14(6-11(17)18)22(20,21)10-5-9-8(4-7(10)13)15(2)12(19)16(9)3/h4-5H,6H2,1-3H3,(H,17,18). The number of benzene rings is 1. The molecule has 0 bridgehead atoms. The van der Waals surface area contributed by atoms with Gasteiger partial charge in [0.25, 0.3) is 0 Å². The molecule has 120 valence electrons. The topological polar surface area (TPSA) is 102 Å². The summed E-state index contributed by atoms with van der Waals surface area (Å²) in [6.07, 6.45) is 0. The van der Waals surface area contributed by atoms with Crippen LogP contribution >= 0.6 is 15.9 Å². The molecule has 1 aromatic heterocycles. The predicted molar refractivity (Wildman–Crippen MR) is 83.3 cm³/mol. The quantitative estimate of drug-likeness (QED) is 0.809. The van der Waals surface area contributed by atoms with Crippen LogP contribution in [0.4, 0.5) is 0 Å². The van der Waals surface area contributed by atoms with Crippen LogP contribution in [0.2, 0.25) is 0 Å². The lowest BCUT2D eigenvalue weighted by Crippen LogP contribution is -2.32. The number of rotatable bonds is 4. The minimum Gasteiger partial charge on any atom is -0.480 e. The lowest BCUT2D eigenvalue weighted by Gasteiger charge is -2.16. The van der Waals surface area contributed by atoms with Crippen molar-refractivity contribution in [3.63, 3.8) is 0 Å². The molecule has 1 aromatic carbocycles. The Morgan fingerprint density at radius 1 is 1.27 bits per heavy atom. The van der Waals surface area contributed by atoms with Gasteiger partial charge >= 0.3 is 11.7 Å². The lowest BCUT2D eigenvalue weighted by molar-refractivity contribution is -0.137. The van der Waals surface area contributed by atoms with Crippen molar-refractivity contribution in [3.8, 4) is 0 Å².